The number of amides is 3. The van der Waals surface area contributed by atoms with Crippen LogP contribution in [0.5, 0.6) is 0 Å². The Morgan fingerprint density at radius 1 is 1.19 bits per heavy atom. The highest BCUT2D eigenvalue weighted by molar-refractivity contribution is 6.30. The predicted octanol–water partition coefficient (Wildman–Crippen LogP) is 4.80. The maximum absolute atomic E-state index is 13.7. The molecule has 0 spiro atoms. The second-order valence-corrected chi connectivity index (χ2v) is 8.92. The number of nitrogens with zero attached hydrogens (tertiary/aromatic N) is 1. The topological polar surface area (TPSA) is 86.7 Å². The molecule has 1 saturated carbocycles. The molecule has 0 bridgehead atoms. The van der Waals surface area contributed by atoms with Crippen molar-refractivity contribution in [3.05, 3.63) is 34.9 Å². The number of hydrogen-bond donors (Lipinski definition) is 2. The quantitative estimate of drug-likeness (QED) is 0.458. The highest BCUT2D eigenvalue weighted by Gasteiger charge is 2.56. The van der Waals surface area contributed by atoms with Gasteiger partial charge in [-0.05, 0) is 49.3 Å². The number of carboxylic acids is 1. The molecule has 1 aromatic rings. The first kappa shape index (κ1) is 24.4. The highest BCUT2D eigenvalue weighted by atomic mass is 35.5. The van der Waals surface area contributed by atoms with E-state index >= 15 is 0 Å². The number of nitrogens with one attached hydrogen (secondary N) is 1. The van der Waals surface area contributed by atoms with Gasteiger partial charge in [-0.25, -0.2) is 14.5 Å². The summed E-state index contributed by atoms with van der Waals surface area (Å²) in [7, 11) is 0. The normalized spacial score (nSPS) is 23.2. The summed E-state index contributed by atoms with van der Waals surface area (Å²) in [6.45, 7) is 0. The molecule has 32 heavy (non-hydrogen) atoms. The Bertz CT molecular complexity index is 856. The number of carboxylic acid groups (broad SMARTS) is 1. The van der Waals surface area contributed by atoms with Gasteiger partial charge in [0.1, 0.15) is 6.04 Å². The largest absolute Gasteiger partial charge is 0.480 e. The number of urea groups is 1. The fourth-order valence-electron chi connectivity index (χ4n) is 4.67. The molecule has 3 atom stereocenters. The van der Waals surface area contributed by atoms with Gasteiger partial charge in [0.05, 0.1) is 5.92 Å². The maximum Gasteiger partial charge on any atom is 0.408 e. The average Bonchev–Trinajstić information content (AvgIpc) is 2.98. The minimum atomic E-state index is -4.69. The van der Waals surface area contributed by atoms with E-state index in [9.17, 15) is 32.7 Å². The predicted molar refractivity (Wildman–Crippen MR) is 111 cm³/mol. The van der Waals surface area contributed by atoms with Crippen molar-refractivity contribution in [3.63, 3.8) is 0 Å². The molecule has 0 radical (unpaired) electrons. The molecule has 2 aliphatic rings. The van der Waals surface area contributed by atoms with Crippen molar-refractivity contribution in [3.8, 4) is 0 Å². The number of carbonyl (C=O) groups is 3. The van der Waals surface area contributed by atoms with E-state index in [0.717, 1.165) is 18.4 Å². The second kappa shape index (κ2) is 10.1. The van der Waals surface area contributed by atoms with Crippen molar-refractivity contribution < 1.29 is 32.7 Å². The van der Waals surface area contributed by atoms with Crippen LogP contribution in [0.15, 0.2) is 24.3 Å². The van der Waals surface area contributed by atoms with Gasteiger partial charge in [-0.2, -0.15) is 13.2 Å². The summed E-state index contributed by atoms with van der Waals surface area (Å²) in [5.41, 5.74) is 0.794. The van der Waals surface area contributed by atoms with E-state index in [4.69, 9.17) is 11.6 Å². The lowest BCUT2D eigenvalue weighted by Crippen LogP contribution is -2.69. The smallest absolute Gasteiger partial charge is 0.408 e. The van der Waals surface area contributed by atoms with Gasteiger partial charge in [0.2, 0.25) is 5.91 Å². The van der Waals surface area contributed by atoms with E-state index in [0.29, 0.717) is 42.0 Å². The minimum Gasteiger partial charge on any atom is -0.480 e. The molecule has 1 heterocycles. The van der Waals surface area contributed by atoms with Gasteiger partial charge < -0.3 is 10.4 Å². The second-order valence-electron chi connectivity index (χ2n) is 8.49. The Balaban J connectivity index is 1.69. The number of aryl methyl sites for hydroxylation is 1. The zero-order valence-electron chi connectivity index (χ0n) is 17.4. The summed E-state index contributed by atoms with van der Waals surface area (Å²) in [6.07, 6.45) is -0.591. The number of imide groups is 1. The van der Waals surface area contributed by atoms with Gasteiger partial charge >= 0.3 is 18.2 Å². The zero-order valence-corrected chi connectivity index (χ0v) is 18.2. The van der Waals surface area contributed by atoms with Crippen molar-refractivity contribution >= 4 is 29.5 Å². The molecular weight excluding hydrogens is 449 g/mol. The Morgan fingerprint density at radius 2 is 1.84 bits per heavy atom. The van der Waals surface area contributed by atoms with E-state index in [1.165, 1.54) is 0 Å². The number of benzene rings is 1. The van der Waals surface area contributed by atoms with E-state index in [1.807, 2.05) is 5.32 Å². The Labute approximate surface area is 189 Å². The third-order valence-electron chi connectivity index (χ3n) is 6.32. The van der Waals surface area contributed by atoms with Crippen LogP contribution >= 0.6 is 11.6 Å². The summed E-state index contributed by atoms with van der Waals surface area (Å²) in [5, 5.41) is 12.0. The van der Waals surface area contributed by atoms with Crippen molar-refractivity contribution in [2.45, 2.75) is 69.6 Å². The van der Waals surface area contributed by atoms with Crippen LogP contribution in [-0.4, -0.2) is 46.2 Å². The molecule has 1 aromatic carbocycles. The fraction of sp³-hybridized carbons (Fsp3) is 0.591. The molecule has 2 fully saturated rings. The van der Waals surface area contributed by atoms with Crippen LogP contribution in [0.2, 0.25) is 5.02 Å². The molecule has 2 N–H and O–H groups in total. The molecule has 6 nitrogen and oxygen atoms in total. The van der Waals surface area contributed by atoms with Crippen LogP contribution in [0, 0.1) is 11.8 Å². The summed E-state index contributed by atoms with van der Waals surface area (Å²) in [5.74, 6) is -3.98. The SMILES string of the molecule is O=C(O)[C@@H]1[C@@H](CCc2cccc(Cl)c2)C(=O)N1C(=O)N[C@@H](C1CCCCCC1)C(F)(F)F. The number of aliphatic carboxylic acids is 1. The summed E-state index contributed by atoms with van der Waals surface area (Å²) in [6, 6.07) is 1.96. The number of β-lactam (4-membered cyclic amide) rings is 1. The number of likely N-dealkylation sites (tertiary alicyclic amines) is 1. The fourth-order valence-corrected chi connectivity index (χ4v) is 4.88. The third kappa shape index (κ3) is 5.54. The van der Waals surface area contributed by atoms with Crippen molar-refractivity contribution in [1.29, 1.82) is 0 Å². The zero-order chi connectivity index (χ0) is 23.5. The van der Waals surface area contributed by atoms with Crippen molar-refractivity contribution in [2.75, 3.05) is 0 Å². The lowest BCUT2D eigenvalue weighted by atomic mass is 9.83. The number of hydrogen-bond acceptors (Lipinski definition) is 3. The summed E-state index contributed by atoms with van der Waals surface area (Å²) in [4.78, 5) is 37.3. The third-order valence-corrected chi connectivity index (χ3v) is 6.56. The molecule has 0 aromatic heterocycles. The van der Waals surface area contributed by atoms with Gasteiger partial charge in [-0.3, -0.25) is 4.79 Å². The number of carbonyl (C=O) groups excluding carboxylic acids is 2. The molecule has 1 aliphatic carbocycles. The molecule has 3 rings (SSSR count). The Kier molecular flexibility index (Phi) is 7.69. The maximum atomic E-state index is 13.7. The number of halogens is 4. The van der Waals surface area contributed by atoms with E-state index in [1.54, 1.807) is 24.3 Å². The van der Waals surface area contributed by atoms with Gasteiger partial charge in [-0.15, -0.1) is 0 Å². The van der Waals surface area contributed by atoms with Crippen LogP contribution in [0.4, 0.5) is 18.0 Å². The Hall–Kier alpha value is -2.29. The molecule has 10 heteroatoms. The first-order chi connectivity index (χ1) is 15.1. The molecule has 1 aliphatic heterocycles. The lowest BCUT2D eigenvalue weighted by Gasteiger charge is -2.44. The van der Waals surface area contributed by atoms with E-state index < -0.39 is 48.0 Å². The van der Waals surface area contributed by atoms with Gasteiger partial charge in [0.15, 0.2) is 6.04 Å². The van der Waals surface area contributed by atoms with Gasteiger partial charge in [0.25, 0.3) is 0 Å². The Morgan fingerprint density at radius 3 is 2.41 bits per heavy atom. The van der Waals surface area contributed by atoms with Crippen molar-refractivity contribution in [2.24, 2.45) is 11.8 Å². The van der Waals surface area contributed by atoms with E-state index in [2.05, 4.69) is 0 Å². The van der Waals surface area contributed by atoms with Crippen LogP contribution < -0.4 is 5.32 Å². The van der Waals surface area contributed by atoms with Gasteiger partial charge in [-0.1, -0.05) is 49.4 Å². The standard InChI is InChI=1S/C22H26ClF3N2O4/c23-15-9-5-6-13(12-15)10-11-16-17(20(30)31)28(19(16)29)21(32)27-18(22(24,25)26)14-7-3-1-2-4-8-14/h5-6,9,12,14,16-18H,1-4,7-8,10-11H2,(H,27,32)(H,30,31)/t16-,17+,18+/m1/s1. The van der Waals surface area contributed by atoms with Gasteiger partial charge in [0, 0.05) is 5.02 Å². The summed E-state index contributed by atoms with van der Waals surface area (Å²) < 4.78 is 41.1. The first-order valence-electron chi connectivity index (χ1n) is 10.8. The molecule has 176 valence electrons. The van der Waals surface area contributed by atoms with Crippen molar-refractivity contribution in [1.82, 2.24) is 10.2 Å². The van der Waals surface area contributed by atoms with Crippen LogP contribution in [0.1, 0.15) is 50.5 Å². The lowest BCUT2D eigenvalue weighted by molar-refractivity contribution is -0.172. The molecule has 0 unspecified atom stereocenters. The van der Waals surface area contributed by atoms with Crippen LogP contribution in [-0.2, 0) is 16.0 Å². The monoisotopic (exact) mass is 474 g/mol. The summed E-state index contributed by atoms with van der Waals surface area (Å²) >= 11 is 5.93. The molecular formula is C22H26ClF3N2O4. The van der Waals surface area contributed by atoms with Crippen LogP contribution in [0.25, 0.3) is 0 Å². The highest BCUT2D eigenvalue weighted by Crippen LogP contribution is 2.36. The number of alkyl halides is 3. The molecule has 1 saturated heterocycles. The molecule has 3 amide bonds. The first-order valence-corrected chi connectivity index (χ1v) is 11.1. The average molecular weight is 475 g/mol. The minimum absolute atomic E-state index is 0.144. The van der Waals surface area contributed by atoms with E-state index in [-0.39, 0.29) is 6.42 Å². The number of rotatable bonds is 6. The van der Waals surface area contributed by atoms with Crippen LogP contribution in [0.3, 0.4) is 0 Å².